The Hall–Kier alpha value is -5.31. The number of aliphatic hydroxyl groups excluding tert-OH is 1. The number of anilines is 2. The van der Waals surface area contributed by atoms with Crippen molar-refractivity contribution in [3.63, 3.8) is 0 Å². The molecule has 11 nitrogen and oxygen atoms in total. The second-order valence-electron chi connectivity index (χ2n) is 8.90. The summed E-state index contributed by atoms with van der Waals surface area (Å²) in [6.45, 7) is -0.587. The summed E-state index contributed by atoms with van der Waals surface area (Å²) in [6, 6.07) is 10.1. The van der Waals surface area contributed by atoms with Crippen LogP contribution in [0.15, 0.2) is 71.8 Å². The highest BCUT2D eigenvalue weighted by Gasteiger charge is 2.21. The number of rotatable bonds is 10. The first-order valence-electron chi connectivity index (χ1n) is 12.3. The van der Waals surface area contributed by atoms with Gasteiger partial charge in [0.05, 0.1) is 18.3 Å². The van der Waals surface area contributed by atoms with E-state index in [1.54, 1.807) is 0 Å². The quantitative estimate of drug-likeness (QED) is 0.179. The number of carbonyl (C=O) groups excluding carboxylic acids is 1. The Bertz CT molecular complexity index is 1790. The van der Waals surface area contributed by atoms with E-state index in [4.69, 9.17) is 4.74 Å². The van der Waals surface area contributed by atoms with Crippen molar-refractivity contribution in [3.8, 4) is 17.2 Å². The van der Waals surface area contributed by atoms with Crippen LogP contribution in [0.5, 0.6) is 11.5 Å². The van der Waals surface area contributed by atoms with Crippen molar-refractivity contribution in [2.45, 2.75) is 18.9 Å². The second kappa shape index (κ2) is 12.1. The fraction of sp³-hybridized carbons (Fsp3) is 0.148. The number of alkyl halides is 2. The Morgan fingerprint density at radius 2 is 1.83 bits per heavy atom. The molecule has 42 heavy (non-hydrogen) atoms. The van der Waals surface area contributed by atoms with Gasteiger partial charge in [0.15, 0.2) is 23.0 Å². The molecule has 0 saturated heterocycles. The summed E-state index contributed by atoms with van der Waals surface area (Å²) in [5, 5.41) is 25.4. The van der Waals surface area contributed by atoms with Gasteiger partial charge in [-0.15, -0.1) is 0 Å². The smallest absolute Gasteiger partial charge is 0.284 e. The van der Waals surface area contributed by atoms with Crippen molar-refractivity contribution in [1.29, 1.82) is 0 Å². The van der Waals surface area contributed by atoms with Crippen LogP contribution in [0.2, 0.25) is 0 Å². The number of hydrogen-bond donors (Lipinski definition) is 4. The summed E-state index contributed by atoms with van der Waals surface area (Å²) >= 11 is 0. The molecule has 4 N–H and O–H groups in total. The third kappa shape index (κ3) is 6.05. The molecule has 0 aliphatic heterocycles. The monoisotopic (exact) mass is 583 g/mol. The number of aromatic nitrogens is 5. The van der Waals surface area contributed by atoms with Gasteiger partial charge in [0, 0.05) is 36.6 Å². The van der Waals surface area contributed by atoms with Gasteiger partial charge < -0.3 is 20.5 Å². The third-order valence-electron chi connectivity index (χ3n) is 6.02. The van der Waals surface area contributed by atoms with Crippen LogP contribution in [0.3, 0.4) is 0 Å². The molecule has 0 saturated carbocycles. The summed E-state index contributed by atoms with van der Waals surface area (Å²) in [7, 11) is 0. The summed E-state index contributed by atoms with van der Waals surface area (Å²) in [6.07, 6.45) is -0.719. The number of carbonyl (C=O) groups is 1. The van der Waals surface area contributed by atoms with E-state index >= 15 is 4.39 Å². The zero-order valence-electron chi connectivity index (χ0n) is 21.4. The highest BCUT2D eigenvalue weighted by atomic mass is 19.3. The molecule has 0 aliphatic rings. The minimum atomic E-state index is -2.67. The van der Waals surface area contributed by atoms with Gasteiger partial charge in [-0.25, -0.2) is 22.5 Å². The molecule has 1 amide bonds. The molecular weight excluding hydrogens is 562 g/mol. The van der Waals surface area contributed by atoms with Crippen LogP contribution in [0.1, 0.15) is 16.8 Å². The predicted molar refractivity (Wildman–Crippen MR) is 143 cm³/mol. The average Bonchev–Trinajstić information content (AvgIpc) is 3.38. The molecule has 2 aromatic carbocycles. The molecule has 5 rings (SSSR count). The zero-order chi connectivity index (χ0) is 29.8. The zero-order valence-corrected chi connectivity index (χ0v) is 21.4. The molecule has 0 bridgehead atoms. The van der Waals surface area contributed by atoms with Crippen LogP contribution in [0, 0.1) is 11.6 Å². The van der Waals surface area contributed by atoms with Crippen LogP contribution in [-0.2, 0) is 0 Å². The number of nitrogens with one attached hydrogen (secondary N) is 3. The highest BCUT2D eigenvalue weighted by molar-refractivity contribution is 6.04. The van der Waals surface area contributed by atoms with Crippen molar-refractivity contribution in [2.24, 2.45) is 0 Å². The molecule has 0 spiro atoms. The number of ether oxygens (including phenoxy) is 1. The number of nitrogens with zero attached hydrogens (tertiary/aromatic N) is 4. The molecule has 0 aliphatic carbocycles. The maximum atomic E-state index is 15.1. The maximum absolute atomic E-state index is 15.1. The standard InChI is InChI=1S/C27H21F4N7O4/c28-14-1-4-17(5-2-14)38-27(41)18(7-10-33-38)26(40)35-15-3-6-20(19(29)11-15)42-21-8-9-32-24-23(21)25(37-36-24)34-16(13-39)12-22(30)31/h1-11,16,22,39H,12-13H2,(H,35,40)(H2,32,34,36,37). The first-order chi connectivity index (χ1) is 20.2. The summed E-state index contributed by atoms with van der Waals surface area (Å²) in [5.41, 5.74) is -0.590. The minimum Gasteiger partial charge on any atom is -0.453 e. The van der Waals surface area contributed by atoms with E-state index < -0.39 is 48.6 Å². The molecule has 216 valence electrons. The van der Waals surface area contributed by atoms with Gasteiger partial charge in [0.25, 0.3) is 11.5 Å². The number of pyridine rings is 1. The van der Waals surface area contributed by atoms with Gasteiger partial charge in [-0.2, -0.15) is 14.9 Å². The van der Waals surface area contributed by atoms with E-state index in [0.29, 0.717) is 0 Å². The molecule has 1 unspecified atom stereocenters. The Balaban J connectivity index is 1.35. The SMILES string of the molecule is O=C(Nc1ccc(Oc2ccnc3[nH]nc(NC(CO)CC(F)F)c23)c(F)c1)c1ccnn(-c2ccc(F)cc2)c1=O. The van der Waals surface area contributed by atoms with Crippen LogP contribution < -0.4 is 20.9 Å². The number of amides is 1. The van der Waals surface area contributed by atoms with Crippen LogP contribution in [0.4, 0.5) is 29.1 Å². The number of fused-ring (bicyclic) bond motifs is 1. The predicted octanol–water partition coefficient (Wildman–Crippen LogP) is 4.25. The number of hydrogen-bond acceptors (Lipinski definition) is 8. The lowest BCUT2D eigenvalue weighted by molar-refractivity contribution is 0.102. The minimum absolute atomic E-state index is 0.0118. The van der Waals surface area contributed by atoms with E-state index in [1.807, 2.05) is 0 Å². The lowest BCUT2D eigenvalue weighted by atomic mass is 10.2. The van der Waals surface area contributed by atoms with Crippen molar-refractivity contribution in [2.75, 3.05) is 17.2 Å². The van der Waals surface area contributed by atoms with E-state index in [9.17, 15) is 27.9 Å². The average molecular weight is 584 g/mol. The van der Waals surface area contributed by atoms with E-state index in [1.165, 1.54) is 48.8 Å². The fourth-order valence-electron chi connectivity index (χ4n) is 4.03. The van der Waals surface area contributed by atoms with Crippen LogP contribution >= 0.6 is 0 Å². The van der Waals surface area contributed by atoms with Crippen LogP contribution in [-0.4, -0.2) is 55.0 Å². The Kier molecular flexibility index (Phi) is 8.10. The number of H-pyrrole nitrogens is 1. The normalized spacial score (nSPS) is 12.0. The van der Waals surface area contributed by atoms with Gasteiger partial charge in [-0.1, -0.05) is 0 Å². The molecule has 0 radical (unpaired) electrons. The van der Waals surface area contributed by atoms with E-state index in [2.05, 4.69) is 30.9 Å². The molecule has 0 fully saturated rings. The molecule has 3 aromatic heterocycles. The maximum Gasteiger partial charge on any atom is 0.284 e. The van der Waals surface area contributed by atoms with Gasteiger partial charge >= 0.3 is 0 Å². The van der Waals surface area contributed by atoms with Crippen molar-refractivity contribution in [3.05, 3.63) is 94.5 Å². The molecule has 3 heterocycles. The first kappa shape index (κ1) is 28.2. The topological polar surface area (TPSA) is 147 Å². The summed E-state index contributed by atoms with van der Waals surface area (Å²) in [5.74, 6) is -2.31. The lowest BCUT2D eigenvalue weighted by Crippen LogP contribution is -2.29. The van der Waals surface area contributed by atoms with Crippen molar-refractivity contribution >= 4 is 28.4 Å². The van der Waals surface area contributed by atoms with Gasteiger partial charge in [-0.3, -0.25) is 14.7 Å². The Morgan fingerprint density at radius 3 is 2.55 bits per heavy atom. The molecular formula is C27H21F4N7O4. The third-order valence-corrected chi connectivity index (χ3v) is 6.02. The van der Waals surface area contributed by atoms with Gasteiger partial charge in [0.2, 0.25) is 6.43 Å². The van der Waals surface area contributed by atoms with Crippen molar-refractivity contribution < 1.29 is 32.2 Å². The number of benzene rings is 2. The Labute approximate surface area is 233 Å². The molecule has 1 atom stereocenters. The largest absolute Gasteiger partial charge is 0.453 e. The lowest BCUT2D eigenvalue weighted by Gasteiger charge is -2.16. The first-order valence-corrected chi connectivity index (χ1v) is 12.3. The van der Waals surface area contributed by atoms with Crippen molar-refractivity contribution in [1.82, 2.24) is 25.0 Å². The second-order valence-corrected chi connectivity index (χ2v) is 8.90. The van der Waals surface area contributed by atoms with Crippen LogP contribution in [0.25, 0.3) is 16.7 Å². The van der Waals surface area contributed by atoms with Gasteiger partial charge in [-0.05, 0) is 42.5 Å². The number of aliphatic hydroxyl groups is 1. The van der Waals surface area contributed by atoms with Gasteiger partial charge in [0.1, 0.15) is 22.5 Å². The Morgan fingerprint density at radius 1 is 1.05 bits per heavy atom. The number of aromatic amines is 1. The number of halogens is 4. The summed E-state index contributed by atoms with van der Waals surface area (Å²) in [4.78, 5) is 29.8. The van der Waals surface area contributed by atoms with E-state index in [0.717, 1.165) is 22.9 Å². The molecule has 5 aromatic rings. The van der Waals surface area contributed by atoms with E-state index in [-0.39, 0.29) is 45.3 Å². The highest BCUT2D eigenvalue weighted by Crippen LogP contribution is 2.35. The fourth-order valence-corrected chi connectivity index (χ4v) is 4.03. The molecule has 15 heteroatoms. The summed E-state index contributed by atoms with van der Waals surface area (Å²) < 4.78 is 60.7.